The van der Waals surface area contributed by atoms with E-state index in [9.17, 15) is 9.59 Å². The van der Waals surface area contributed by atoms with Crippen LogP contribution >= 0.6 is 0 Å². The molecule has 0 N–H and O–H groups in total. The summed E-state index contributed by atoms with van der Waals surface area (Å²) >= 11 is 0. The van der Waals surface area contributed by atoms with E-state index < -0.39 is 0 Å². The van der Waals surface area contributed by atoms with Crippen molar-refractivity contribution >= 4 is 33.9 Å². The molecular formula is C20H18N4O2. The molecule has 26 heavy (non-hydrogen) atoms. The number of aromatic nitrogens is 4. The zero-order chi connectivity index (χ0) is 18.6. The van der Waals surface area contributed by atoms with Gasteiger partial charge in [-0.15, -0.1) is 0 Å². The molecule has 0 aliphatic heterocycles. The molecule has 2 heterocycles. The average molecular weight is 346 g/mol. The lowest BCUT2D eigenvalue weighted by Crippen LogP contribution is -2.07. The SMILES string of the molecule is CC(=O)n1c(C)nc2ccc(-c3ccc4nc(C)n(C(C)=O)c4c3)cc21. The van der Waals surface area contributed by atoms with E-state index in [1.807, 2.05) is 50.2 Å². The zero-order valence-electron chi connectivity index (χ0n) is 15.1. The lowest BCUT2D eigenvalue weighted by atomic mass is 10.0. The number of aryl methyl sites for hydroxylation is 2. The summed E-state index contributed by atoms with van der Waals surface area (Å²) in [6.07, 6.45) is 0. The van der Waals surface area contributed by atoms with E-state index in [2.05, 4.69) is 9.97 Å². The van der Waals surface area contributed by atoms with Crippen LogP contribution in [0.4, 0.5) is 0 Å². The van der Waals surface area contributed by atoms with Crippen LogP contribution in [0.15, 0.2) is 36.4 Å². The molecule has 4 rings (SSSR count). The van der Waals surface area contributed by atoms with Crippen molar-refractivity contribution in [2.45, 2.75) is 27.7 Å². The van der Waals surface area contributed by atoms with Crippen molar-refractivity contribution in [2.75, 3.05) is 0 Å². The first-order valence-electron chi connectivity index (χ1n) is 8.37. The summed E-state index contributed by atoms with van der Waals surface area (Å²) in [5, 5.41) is 0. The maximum absolute atomic E-state index is 12.0. The van der Waals surface area contributed by atoms with E-state index in [0.29, 0.717) is 11.6 Å². The molecule has 0 atom stereocenters. The summed E-state index contributed by atoms with van der Waals surface area (Å²) in [4.78, 5) is 32.8. The lowest BCUT2D eigenvalue weighted by Gasteiger charge is -2.06. The third kappa shape index (κ3) is 2.34. The first kappa shape index (κ1) is 16.2. The van der Waals surface area contributed by atoms with E-state index in [0.717, 1.165) is 33.2 Å². The highest BCUT2D eigenvalue weighted by Gasteiger charge is 2.14. The molecule has 130 valence electrons. The fraction of sp³-hybridized carbons (Fsp3) is 0.200. The number of carbonyl (C=O) groups excluding carboxylic acids is 2. The summed E-state index contributed by atoms with van der Waals surface area (Å²) in [7, 11) is 0. The minimum Gasteiger partial charge on any atom is -0.274 e. The Morgan fingerprint density at radius 3 is 1.46 bits per heavy atom. The Balaban J connectivity index is 1.95. The highest BCUT2D eigenvalue weighted by molar-refractivity contribution is 5.95. The fourth-order valence-corrected chi connectivity index (χ4v) is 3.55. The Morgan fingerprint density at radius 2 is 1.12 bits per heavy atom. The molecule has 6 nitrogen and oxygen atoms in total. The van der Waals surface area contributed by atoms with Crippen molar-refractivity contribution in [3.63, 3.8) is 0 Å². The summed E-state index contributed by atoms with van der Waals surface area (Å²) in [6.45, 7) is 6.70. The van der Waals surface area contributed by atoms with E-state index in [-0.39, 0.29) is 11.8 Å². The molecule has 2 aromatic carbocycles. The van der Waals surface area contributed by atoms with Gasteiger partial charge in [0.2, 0.25) is 11.8 Å². The van der Waals surface area contributed by atoms with E-state index in [1.165, 1.54) is 13.8 Å². The van der Waals surface area contributed by atoms with Gasteiger partial charge in [0.25, 0.3) is 0 Å². The first-order valence-corrected chi connectivity index (χ1v) is 8.37. The lowest BCUT2D eigenvalue weighted by molar-refractivity contribution is 0.0930. The third-order valence-electron chi connectivity index (χ3n) is 4.61. The van der Waals surface area contributed by atoms with Gasteiger partial charge in [0.05, 0.1) is 22.1 Å². The molecule has 0 radical (unpaired) electrons. The number of benzene rings is 2. The monoisotopic (exact) mass is 346 g/mol. The number of hydrogen-bond donors (Lipinski definition) is 0. The van der Waals surface area contributed by atoms with Gasteiger partial charge >= 0.3 is 0 Å². The topological polar surface area (TPSA) is 69.8 Å². The predicted molar refractivity (Wildman–Crippen MR) is 101 cm³/mol. The van der Waals surface area contributed by atoms with Crippen LogP contribution in [0.5, 0.6) is 0 Å². The van der Waals surface area contributed by atoms with Crippen LogP contribution in [0.1, 0.15) is 35.1 Å². The van der Waals surface area contributed by atoms with Gasteiger partial charge in [0.1, 0.15) is 11.6 Å². The number of carbonyl (C=O) groups is 2. The van der Waals surface area contributed by atoms with Gasteiger partial charge in [0.15, 0.2) is 0 Å². The van der Waals surface area contributed by atoms with E-state index in [1.54, 1.807) is 9.13 Å². The maximum atomic E-state index is 12.0. The highest BCUT2D eigenvalue weighted by Crippen LogP contribution is 2.28. The van der Waals surface area contributed by atoms with Crippen molar-refractivity contribution < 1.29 is 9.59 Å². The third-order valence-corrected chi connectivity index (χ3v) is 4.61. The normalized spacial score (nSPS) is 11.4. The minimum absolute atomic E-state index is 0.0668. The van der Waals surface area contributed by atoms with Gasteiger partial charge in [0, 0.05) is 13.8 Å². The van der Waals surface area contributed by atoms with Gasteiger partial charge < -0.3 is 0 Å². The van der Waals surface area contributed by atoms with Gasteiger partial charge in [-0.2, -0.15) is 0 Å². The summed E-state index contributed by atoms with van der Waals surface area (Å²) < 4.78 is 3.22. The van der Waals surface area contributed by atoms with Crippen LogP contribution in [0.3, 0.4) is 0 Å². The number of fused-ring (bicyclic) bond motifs is 2. The van der Waals surface area contributed by atoms with Crippen molar-refractivity contribution in [3.05, 3.63) is 48.0 Å². The standard InChI is InChI=1S/C20H18N4O2/c1-11-21-17-7-5-15(9-19(17)23(11)13(3)25)16-6-8-18-20(10-16)24(14(4)26)12(2)22-18/h5-10H,1-4H3. The average Bonchev–Trinajstić information content (AvgIpc) is 3.08. The maximum Gasteiger partial charge on any atom is 0.229 e. The van der Waals surface area contributed by atoms with E-state index in [4.69, 9.17) is 0 Å². The van der Waals surface area contributed by atoms with Gasteiger partial charge in [-0.1, -0.05) is 12.1 Å². The number of hydrogen-bond acceptors (Lipinski definition) is 4. The number of rotatable bonds is 1. The molecule has 0 aliphatic carbocycles. The van der Waals surface area contributed by atoms with Crippen molar-refractivity contribution in [2.24, 2.45) is 0 Å². The van der Waals surface area contributed by atoms with Crippen LogP contribution in [0.2, 0.25) is 0 Å². The smallest absolute Gasteiger partial charge is 0.229 e. The molecule has 0 aliphatic rings. The van der Waals surface area contributed by atoms with Crippen LogP contribution in [0, 0.1) is 13.8 Å². The molecule has 4 aromatic rings. The largest absolute Gasteiger partial charge is 0.274 e. The van der Waals surface area contributed by atoms with Crippen LogP contribution in [0.25, 0.3) is 33.2 Å². The van der Waals surface area contributed by atoms with Crippen molar-refractivity contribution in [1.29, 1.82) is 0 Å². The molecule has 0 saturated heterocycles. The molecule has 0 fully saturated rings. The quantitative estimate of drug-likeness (QED) is 0.522. The fourth-order valence-electron chi connectivity index (χ4n) is 3.55. The van der Waals surface area contributed by atoms with Crippen LogP contribution in [-0.2, 0) is 0 Å². The second-order valence-electron chi connectivity index (χ2n) is 6.43. The number of imidazole rings is 2. The molecule has 0 amide bonds. The molecule has 0 saturated carbocycles. The Labute approximate surface area is 150 Å². The van der Waals surface area contributed by atoms with Gasteiger partial charge in [-0.25, -0.2) is 9.97 Å². The van der Waals surface area contributed by atoms with E-state index >= 15 is 0 Å². The molecule has 6 heteroatoms. The molecule has 0 unspecified atom stereocenters. The predicted octanol–water partition coefficient (Wildman–Crippen LogP) is 3.99. The zero-order valence-corrected chi connectivity index (χ0v) is 15.1. The molecular weight excluding hydrogens is 328 g/mol. The van der Waals surface area contributed by atoms with Crippen LogP contribution < -0.4 is 0 Å². The Hall–Kier alpha value is -3.28. The molecule has 0 bridgehead atoms. The molecule has 0 spiro atoms. The summed E-state index contributed by atoms with van der Waals surface area (Å²) in [5.41, 5.74) is 5.04. The Kier molecular flexibility index (Phi) is 3.50. The van der Waals surface area contributed by atoms with Gasteiger partial charge in [-0.05, 0) is 49.2 Å². The summed E-state index contributed by atoms with van der Waals surface area (Å²) in [5.74, 6) is 1.21. The Bertz CT molecular complexity index is 1120. The second-order valence-corrected chi connectivity index (χ2v) is 6.43. The van der Waals surface area contributed by atoms with Crippen LogP contribution in [-0.4, -0.2) is 30.9 Å². The van der Waals surface area contributed by atoms with Crippen molar-refractivity contribution in [1.82, 2.24) is 19.1 Å². The summed E-state index contributed by atoms with van der Waals surface area (Å²) in [6, 6.07) is 11.7. The molecule has 2 aromatic heterocycles. The first-order chi connectivity index (χ1) is 12.4. The van der Waals surface area contributed by atoms with Gasteiger partial charge in [-0.3, -0.25) is 18.7 Å². The second kappa shape index (κ2) is 5.62. The highest BCUT2D eigenvalue weighted by atomic mass is 16.2. The minimum atomic E-state index is -0.0668. The van der Waals surface area contributed by atoms with Crippen molar-refractivity contribution in [3.8, 4) is 11.1 Å². The number of nitrogens with zero attached hydrogens (tertiary/aromatic N) is 4. The Morgan fingerprint density at radius 1 is 0.731 bits per heavy atom.